The number of methoxy groups -OCH3 is 1. The van der Waals surface area contributed by atoms with E-state index in [0.29, 0.717) is 11.6 Å². The monoisotopic (exact) mass is 363 g/mol. The summed E-state index contributed by atoms with van der Waals surface area (Å²) >= 11 is 0. The van der Waals surface area contributed by atoms with Crippen molar-refractivity contribution in [3.05, 3.63) is 54.2 Å². The first kappa shape index (κ1) is 17.5. The zero-order chi connectivity index (χ0) is 18.8. The largest absolute Gasteiger partial charge is 0.497 e. The number of fused-ring (bicyclic) bond motifs is 1. The number of aromatic nitrogens is 1. The summed E-state index contributed by atoms with van der Waals surface area (Å²) in [6.45, 7) is 0. The van der Waals surface area contributed by atoms with Crippen LogP contribution in [0.4, 0.5) is 5.69 Å². The number of carbonyl (C=O) groups is 1. The highest BCUT2D eigenvalue weighted by Gasteiger charge is 2.17. The maximum atomic E-state index is 11.9. The lowest BCUT2D eigenvalue weighted by Gasteiger charge is -2.25. The molecule has 3 N–H and O–H groups in total. The van der Waals surface area contributed by atoms with E-state index in [1.165, 1.54) is 19.3 Å². The van der Waals surface area contributed by atoms with Gasteiger partial charge in [-0.15, -0.1) is 0 Å². The molecule has 1 aromatic heterocycles. The summed E-state index contributed by atoms with van der Waals surface area (Å²) < 4.78 is 7.48. The second-order valence-corrected chi connectivity index (χ2v) is 7.18. The van der Waals surface area contributed by atoms with Gasteiger partial charge in [-0.1, -0.05) is 19.3 Å². The van der Waals surface area contributed by atoms with Gasteiger partial charge >= 0.3 is 0 Å². The third-order valence-corrected chi connectivity index (χ3v) is 5.41. The molecule has 0 atom stereocenters. The van der Waals surface area contributed by atoms with Crippen LogP contribution in [-0.2, 0) is 0 Å². The van der Waals surface area contributed by atoms with Gasteiger partial charge in [0.1, 0.15) is 5.75 Å². The number of nitrogens with one attached hydrogen (secondary N) is 1. The van der Waals surface area contributed by atoms with Gasteiger partial charge in [0.05, 0.1) is 18.2 Å². The van der Waals surface area contributed by atoms with E-state index in [9.17, 15) is 4.79 Å². The first-order valence-electron chi connectivity index (χ1n) is 9.51. The van der Waals surface area contributed by atoms with Gasteiger partial charge in [0.25, 0.3) is 5.91 Å². The molecule has 4 rings (SSSR count). The third kappa shape index (κ3) is 3.50. The van der Waals surface area contributed by atoms with Gasteiger partial charge in [-0.05, 0) is 49.2 Å². The number of hydrogen-bond donors (Lipinski definition) is 2. The van der Waals surface area contributed by atoms with Crippen LogP contribution in [0.5, 0.6) is 5.75 Å². The predicted octanol–water partition coefficient (Wildman–Crippen LogP) is 4.48. The summed E-state index contributed by atoms with van der Waals surface area (Å²) in [7, 11) is 1.67. The minimum absolute atomic E-state index is 0.397. The number of anilines is 1. The van der Waals surface area contributed by atoms with E-state index in [0.717, 1.165) is 40.9 Å². The van der Waals surface area contributed by atoms with Crippen LogP contribution in [0.3, 0.4) is 0 Å². The molecule has 0 bridgehead atoms. The van der Waals surface area contributed by atoms with Gasteiger partial charge in [-0.2, -0.15) is 0 Å². The number of nitrogens with two attached hydrogens (primary N) is 1. The molecule has 5 nitrogen and oxygen atoms in total. The molecule has 0 spiro atoms. The van der Waals surface area contributed by atoms with Crippen LogP contribution in [0.1, 0.15) is 42.5 Å². The van der Waals surface area contributed by atoms with Crippen molar-refractivity contribution < 1.29 is 9.53 Å². The van der Waals surface area contributed by atoms with Crippen molar-refractivity contribution in [2.45, 2.75) is 38.1 Å². The summed E-state index contributed by atoms with van der Waals surface area (Å²) in [5.41, 5.74) is 9.02. The molecule has 1 saturated carbocycles. The number of primary amides is 1. The molecule has 1 amide bonds. The topological polar surface area (TPSA) is 69.3 Å². The SMILES string of the molecule is COc1ccc2ccn(-c3ccc(C(N)=O)c(NC4CCCCC4)c3)c2c1. The number of hydrogen-bond acceptors (Lipinski definition) is 3. The molecule has 27 heavy (non-hydrogen) atoms. The molecule has 5 heteroatoms. The Bertz CT molecular complexity index is 971. The van der Waals surface area contributed by atoms with Gasteiger partial charge < -0.3 is 20.4 Å². The number of ether oxygens (including phenoxy) is 1. The predicted molar refractivity (Wildman–Crippen MR) is 109 cm³/mol. The fraction of sp³-hybridized carbons (Fsp3) is 0.318. The number of benzene rings is 2. The van der Waals surface area contributed by atoms with Crippen LogP contribution >= 0.6 is 0 Å². The van der Waals surface area contributed by atoms with Crippen molar-refractivity contribution in [2.75, 3.05) is 12.4 Å². The fourth-order valence-corrected chi connectivity index (χ4v) is 3.94. The Hall–Kier alpha value is -2.95. The molecule has 2 aromatic carbocycles. The van der Waals surface area contributed by atoms with Crippen molar-refractivity contribution in [3.63, 3.8) is 0 Å². The maximum Gasteiger partial charge on any atom is 0.250 e. The van der Waals surface area contributed by atoms with Gasteiger partial charge in [0.2, 0.25) is 0 Å². The van der Waals surface area contributed by atoms with E-state index in [4.69, 9.17) is 10.5 Å². The van der Waals surface area contributed by atoms with Gasteiger partial charge in [-0.3, -0.25) is 4.79 Å². The fourth-order valence-electron chi connectivity index (χ4n) is 3.94. The molecule has 0 saturated heterocycles. The van der Waals surface area contributed by atoms with Gasteiger partial charge in [-0.25, -0.2) is 0 Å². The highest BCUT2D eigenvalue weighted by molar-refractivity contribution is 5.99. The average molecular weight is 363 g/mol. The molecular formula is C22H25N3O2. The van der Waals surface area contributed by atoms with Crippen molar-refractivity contribution in [2.24, 2.45) is 5.73 Å². The van der Waals surface area contributed by atoms with Crippen molar-refractivity contribution >= 4 is 22.5 Å². The molecule has 140 valence electrons. The van der Waals surface area contributed by atoms with Crippen LogP contribution in [-0.4, -0.2) is 23.6 Å². The summed E-state index contributed by atoms with van der Waals surface area (Å²) in [6.07, 6.45) is 8.04. The van der Waals surface area contributed by atoms with Crippen LogP contribution in [0.25, 0.3) is 16.6 Å². The molecular weight excluding hydrogens is 338 g/mol. The number of amides is 1. The van der Waals surface area contributed by atoms with Crippen molar-refractivity contribution in [1.29, 1.82) is 0 Å². The Kier molecular flexibility index (Phi) is 4.75. The summed E-state index contributed by atoms with van der Waals surface area (Å²) in [5.74, 6) is 0.413. The highest BCUT2D eigenvalue weighted by atomic mass is 16.5. The van der Waals surface area contributed by atoms with Gasteiger partial charge in [0.15, 0.2) is 0 Å². The van der Waals surface area contributed by atoms with E-state index in [1.807, 2.05) is 42.6 Å². The lowest BCUT2D eigenvalue weighted by molar-refractivity contribution is 0.100. The first-order valence-corrected chi connectivity index (χ1v) is 9.51. The number of rotatable bonds is 5. The Balaban J connectivity index is 1.75. The van der Waals surface area contributed by atoms with Crippen LogP contribution in [0.2, 0.25) is 0 Å². The Morgan fingerprint density at radius 3 is 2.67 bits per heavy atom. The molecule has 1 heterocycles. The van der Waals surface area contributed by atoms with Crippen LogP contribution in [0.15, 0.2) is 48.7 Å². The van der Waals surface area contributed by atoms with E-state index in [1.54, 1.807) is 7.11 Å². The van der Waals surface area contributed by atoms with E-state index in [2.05, 4.69) is 16.0 Å². The lowest BCUT2D eigenvalue weighted by Crippen LogP contribution is -2.24. The molecule has 0 radical (unpaired) electrons. The Labute approximate surface area is 159 Å². The normalized spacial score (nSPS) is 15.0. The minimum Gasteiger partial charge on any atom is -0.497 e. The molecule has 1 aliphatic carbocycles. The molecule has 1 aliphatic rings. The summed E-state index contributed by atoms with van der Waals surface area (Å²) in [4.78, 5) is 11.9. The molecule has 0 unspecified atom stereocenters. The van der Waals surface area contributed by atoms with Crippen molar-refractivity contribution in [1.82, 2.24) is 4.57 Å². The number of carbonyl (C=O) groups excluding carboxylic acids is 1. The molecule has 3 aromatic rings. The van der Waals surface area contributed by atoms with Crippen LogP contribution in [0, 0.1) is 0 Å². The summed E-state index contributed by atoms with van der Waals surface area (Å²) in [6, 6.07) is 14.3. The van der Waals surface area contributed by atoms with Gasteiger partial charge in [0, 0.05) is 35.1 Å². The second-order valence-electron chi connectivity index (χ2n) is 7.18. The highest BCUT2D eigenvalue weighted by Crippen LogP contribution is 2.29. The number of nitrogens with zero attached hydrogens (tertiary/aromatic N) is 1. The Morgan fingerprint density at radius 1 is 1.11 bits per heavy atom. The average Bonchev–Trinajstić information content (AvgIpc) is 3.11. The van der Waals surface area contributed by atoms with E-state index in [-0.39, 0.29) is 0 Å². The van der Waals surface area contributed by atoms with Crippen molar-refractivity contribution in [3.8, 4) is 11.4 Å². The molecule has 1 fully saturated rings. The van der Waals surface area contributed by atoms with Crippen LogP contribution < -0.4 is 15.8 Å². The maximum absolute atomic E-state index is 11.9. The lowest BCUT2D eigenvalue weighted by atomic mass is 9.95. The van der Waals surface area contributed by atoms with E-state index >= 15 is 0 Å². The second kappa shape index (κ2) is 7.35. The third-order valence-electron chi connectivity index (χ3n) is 5.41. The Morgan fingerprint density at radius 2 is 1.93 bits per heavy atom. The standard InChI is InChI=1S/C22H25N3O2/c1-27-18-9-7-15-11-12-25(21(15)14-18)17-8-10-19(22(23)26)20(13-17)24-16-5-3-2-4-6-16/h7-14,16,24H,2-6H2,1H3,(H2,23,26). The van der Waals surface area contributed by atoms with E-state index < -0.39 is 5.91 Å². The summed E-state index contributed by atoms with van der Waals surface area (Å²) in [5, 5.41) is 4.70. The zero-order valence-electron chi connectivity index (χ0n) is 15.6. The minimum atomic E-state index is -0.404. The first-order chi connectivity index (χ1) is 13.2. The zero-order valence-corrected chi connectivity index (χ0v) is 15.6. The molecule has 0 aliphatic heterocycles. The smallest absolute Gasteiger partial charge is 0.250 e. The quantitative estimate of drug-likeness (QED) is 0.702.